The van der Waals surface area contributed by atoms with E-state index < -0.39 is 0 Å². The molecule has 5 nitrogen and oxygen atoms in total. The van der Waals surface area contributed by atoms with E-state index in [2.05, 4.69) is 22.4 Å². The fraction of sp³-hybridized carbons (Fsp3) is 0.118. The molecule has 3 rings (SSSR count). The van der Waals surface area contributed by atoms with Crippen LogP contribution in [0.1, 0.15) is 28.4 Å². The van der Waals surface area contributed by atoms with E-state index in [0.717, 1.165) is 22.2 Å². The van der Waals surface area contributed by atoms with Gasteiger partial charge in [0.25, 0.3) is 5.91 Å². The molecule has 3 aromatic rings. The largest absolute Gasteiger partial charge is 0.375 e. The first-order valence-electron chi connectivity index (χ1n) is 7.24. The van der Waals surface area contributed by atoms with Crippen LogP contribution < -0.4 is 11.2 Å². The molecule has 0 spiro atoms. The molecule has 0 fully saturated rings. The number of fused-ring (bicyclic) bond motifs is 1. The van der Waals surface area contributed by atoms with E-state index in [9.17, 15) is 4.79 Å². The third-order valence-electron chi connectivity index (χ3n) is 3.43. The smallest absolute Gasteiger partial charge is 0.271 e. The molecule has 0 aliphatic rings. The first kappa shape index (κ1) is 15.2. The van der Waals surface area contributed by atoms with Crippen LogP contribution in [0.25, 0.3) is 10.2 Å². The highest BCUT2D eigenvalue weighted by atomic mass is 32.1. The fourth-order valence-electron chi connectivity index (χ4n) is 2.15. The van der Waals surface area contributed by atoms with Crippen LogP contribution in [0.2, 0.25) is 0 Å². The van der Waals surface area contributed by atoms with Crippen molar-refractivity contribution in [2.24, 2.45) is 5.10 Å². The van der Waals surface area contributed by atoms with Gasteiger partial charge in [-0.1, -0.05) is 42.5 Å². The van der Waals surface area contributed by atoms with E-state index >= 15 is 0 Å². The number of aryl methyl sites for hydroxylation is 1. The van der Waals surface area contributed by atoms with Crippen molar-refractivity contribution in [2.75, 3.05) is 5.73 Å². The van der Waals surface area contributed by atoms with E-state index in [1.807, 2.05) is 24.3 Å². The van der Waals surface area contributed by atoms with Crippen molar-refractivity contribution in [3.8, 4) is 0 Å². The van der Waals surface area contributed by atoms with E-state index in [1.165, 1.54) is 16.9 Å². The molecule has 0 atom stereocenters. The molecule has 6 heteroatoms. The van der Waals surface area contributed by atoms with Crippen LogP contribution in [-0.4, -0.2) is 17.1 Å². The van der Waals surface area contributed by atoms with E-state index in [1.54, 1.807) is 24.4 Å². The van der Waals surface area contributed by atoms with Gasteiger partial charge >= 0.3 is 0 Å². The minimum absolute atomic E-state index is 0.264. The zero-order valence-corrected chi connectivity index (χ0v) is 13.4. The number of thiazole rings is 1. The van der Waals surface area contributed by atoms with Crippen LogP contribution in [-0.2, 0) is 6.42 Å². The standard InChI is InChI=1S/C17H16N4OS/c1-2-11-3-5-12(6-4-11)10-19-21-16(22)13-7-8-14-15(9-13)23-17(18)20-14/h3-10H,2H2,1H3,(H2,18,20)(H,21,22)/b19-10-. The van der Waals surface area contributed by atoms with Crippen LogP contribution in [0.15, 0.2) is 47.6 Å². The van der Waals surface area contributed by atoms with Gasteiger partial charge in [-0.2, -0.15) is 5.10 Å². The molecule has 23 heavy (non-hydrogen) atoms. The van der Waals surface area contributed by atoms with Gasteiger partial charge in [-0.15, -0.1) is 0 Å². The summed E-state index contributed by atoms with van der Waals surface area (Å²) >= 11 is 1.36. The Morgan fingerprint density at radius 2 is 2.09 bits per heavy atom. The number of hydrogen-bond acceptors (Lipinski definition) is 5. The minimum Gasteiger partial charge on any atom is -0.375 e. The van der Waals surface area contributed by atoms with Crippen molar-refractivity contribution < 1.29 is 4.79 Å². The van der Waals surface area contributed by atoms with Gasteiger partial charge in [0.15, 0.2) is 5.13 Å². The molecule has 3 N–H and O–H groups in total. The Kier molecular flexibility index (Phi) is 4.34. The molecule has 0 aliphatic heterocycles. The van der Waals surface area contributed by atoms with Gasteiger partial charge in [0.2, 0.25) is 0 Å². The van der Waals surface area contributed by atoms with Gasteiger partial charge in [-0.25, -0.2) is 10.4 Å². The molecule has 1 aromatic heterocycles. The average molecular weight is 324 g/mol. The second-order valence-corrected chi connectivity index (χ2v) is 6.09. The number of rotatable bonds is 4. The second kappa shape index (κ2) is 6.58. The summed E-state index contributed by atoms with van der Waals surface area (Å²) in [7, 11) is 0. The van der Waals surface area contributed by atoms with Gasteiger partial charge in [-0.3, -0.25) is 4.79 Å². The molecule has 0 saturated heterocycles. The molecular weight excluding hydrogens is 308 g/mol. The first-order valence-corrected chi connectivity index (χ1v) is 8.06. The molecule has 0 bridgehead atoms. The SMILES string of the molecule is CCc1ccc(/C=N\NC(=O)c2ccc3nc(N)sc3c2)cc1. The lowest BCUT2D eigenvalue weighted by molar-refractivity contribution is 0.0955. The topological polar surface area (TPSA) is 80.4 Å². The second-order valence-electron chi connectivity index (χ2n) is 5.03. The summed E-state index contributed by atoms with van der Waals surface area (Å²) in [5.74, 6) is -0.264. The number of nitrogens with zero attached hydrogens (tertiary/aromatic N) is 2. The number of nitrogens with two attached hydrogens (primary N) is 1. The Hall–Kier alpha value is -2.73. The van der Waals surface area contributed by atoms with Gasteiger partial charge in [-0.05, 0) is 35.7 Å². The van der Waals surface area contributed by atoms with E-state index in [-0.39, 0.29) is 5.91 Å². The maximum absolute atomic E-state index is 12.1. The van der Waals surface area contributed by atoms with Crippen LogP contribution in [0.5, 0.6) is 0 Å². The summed E-state index contributed by atoms with van der Waals surface area (Å²) in [5.41, 5.74) is 11.7. The summed E-state index contributed by atoms with van der Waals surface area (Å²) in [4.78, 5) is 16.3. The van der Waals surface area contributed by atoms with Gasteiger partial charge in [0, 0.05) is 5.56 Å². The number of benzene rings is 2. The Bertz CT molecular complexity index is 868. The van der Waals surface area contributed by atoms with Crippen LogP contribution >= 0.6 is 11.3 Å². The van der Waals surface area contributed by atoms with Gasteiger partial charge in [0.1, 0.15) is 0 Å². The van der Waals surface area contributed by atoms with Crippen molar-refractivity contribution >= 4 is 38.8 Å². The number of nitrogens with one attached hydrogen (secondary N) is 1. The Labute approximate surface area is 137 Å². The average Bonchev–Trinajstić information content (AvgIpc) is 2.94. The van der Waals surface area contributed by atoms with Crippen LogP contribution in [0.3, 0.4) is 0 Å². The summed E-state index contributed by atoms with van der Waals surface area (Å²) in [6.07, 6.45) is 2.62. The number of aromatic nitrogens is 1. The highest BCUT2D eigenvalue weighted by Crippen LogP contribution is 2.24. The molecule has 0 unspecified atom stereocenters. The normalized spacial score (nSPS) is 11.2. The van der Waals surface area contributed by atoms with Crippen LogP contribution in [0.4, 0.5) is 5.13 Å². The maximum Gasteiger partial charge on any atom is 0.271 e. The Balaban J connectivity index is 1.68. The van der Waals surface area contributed by atoms with Crippen molar-refractivity contribution in [1.29, 1.82) is 0 Å². The fourth-order valence-corrected chi connectivity index (χ4v) is 2.93. The highest BCUT2D eigenvalue weighted by molar-refractivity contribution is 7.22. The number of carbonyl (C=O) groups excluding carboxylic acids is 1. The third-order valence-corrected chi connectivity index (χ3v) is 4.28. The Morgan fingerprint density at radius 1 is 1.30 bits per heavy atom. The predicted molar refractivity (Wildman–Crippen MR) is 94.9 cm³/mol. The summed E-state index contributed by atoms with van der Waals surface area (Å²) in [6, 6.07) is 13.3. The zero-order valence-electron chi connectivity index (χ0n) is 12.6. The maximum atomic E-state index is 12.1. The quantitative estimate of drug-likeness (QED) is 0.571. The minimum atomic E-state index is -0.264. The van der Waals surface area contributed by atoms with Crippen molar-refractivity contribution in [3.63, 3.8) is 0 Å². The number of hydrazone groups is 1. The lowest BCUT2D eigenvalue weighted by atomic mass is 10.1. The number of carbonyl (C=O) groups is 1. The molecule has 2 aromatic carbocycles. The molecule has 0 aliphatic carbocycles. The number of hydrogen-bond donors (Lipinski definition) is 2. The molecule has 1 amide bonds. The zero-order chi connectivity index (χ0) is 16.2. The lowest BCUT2D eigenvalue weighted by Crippen LogP contribution is -2.17. The molecule has 0 radical (unpaired) electrons. The predicted octanol–water partition coefficient (Wildman–Crippen LogP) is 3.20. The summed E-state index contributed by atoms with van der Waals surface area (Å²) in [5, 5.41) is 4.49. The number of anilines is 1. The molecule has 116 valence electrons. The highest BCUT2D eigenvalue weighted by Gasteiger charge is 2.07. The van der Waals surface area contributed by atoms with Gasteiger partial charge < -0.3 is 5.73 Å². The van der Waals surface area contributed by atoms with Gasteiger partial charge in [0.05, 0.1) is 16.4 Å². The number of amides is 1. The van der Waals surface area contributed by atoms with Crippen molar-refractivity contribution in [1.82, 2.24) is 10.4 Å². The monoisotopic (exact) mass is 324 g/mol. The van der Waals surface area contributed by atoms with Crippen LogP contribution in [0, 0.1) is 0 Å². The summed E-state index contributed by atoms with van der Waals surface area (Å²) in [6.45, 7) is 2.11. The summed E-state index contributed by atoms with van der Waals surface area (Å²) < 4.78 is 0.884. The molecule has 1 heterocycles. The molecular formula is C17H16N4OS. The number of nitrogen functional groups attached to an aromatic ring is 1. The first-order chi connectivity index (χ1) is 11.2. The van der Waals surface area contributed by atoms with Crippen molar-refractivity contribution in [2.45, 2.75) is 13.3 Å². The Morgan fingerprint density at radius 3 is 2.83 bits per heavy atom. The third kappa shape index (κ3) is 3.54. The molecule has 0 saturated carbocycles. The lowest BCUT2D eigenvalue weighted by Gasteiger charge is -2.00. The van der Waals surface area contributed by atoms with Crippen molar-refractivity contribution in [3.05, 3.63) is 59.2 Å². The van der Waals surface area contributed by atoms with E-state index in [0.29, 0.717) is 10.7 Å². The van der Waals surface area contributed by atoms with E-state index in [4.69, 9.17) is 5.73 Å².